The molecule has 0 spiro atoms. The van der Waals surface area contributed by atoms with Crippen LogP contribution in [0.4, 0.5) is 0 Å². The van der Waals surface area contributed by atoms with Crippen LogP contribution >= 0.6 is 0 Å². The molecule has 5 nitrogen and oxygen atoms in total. The molecule has 28 heavy (non-hydrogen) atoms. The van der Waals surface area contributed by atoms with Crippen LogP contribution in [0.15, 0.2) is 46.8 Å². The summed E-state index contributed by atoms with van der Waals surface area (Å²) >= 11 is 0. The number of carbonyl (C=O) groups excluding carboxylic acids is 2. The maximum atomic E-state index is 13.0. The van der Waals surface area contributed by atoms with Gasteiger partial charge in [-0.2, -0.15) is 0 Å². The lowest BCUT2D eigenvalue weighted by Gasteiger charge is -2.31. The summed E-state index contributed by atoms with van der Waals surface area (Å²) in [4.78, 5) is 25.8. The van der Waals surface area contributed by atoms with Crippen molar-refractivity contribution in [3.8, 4) is 12.3 Å². The van der Waals surface area contributed by atoms with Gasteiger partial charge in [0.05, 0.1) is 29.8 Å². The Hall–Kier alpha value is -3.00. The van der Waals surface area contributed by atoms with Gasteiger partial charge in [-0.05, 0) is 51.8 Å². The van der Waals surface area contributed by atoms with Crippen LogP contribution in [0.3, 0.4) is 0 Å². The number of dihydropyridines is 1. The molecule has 2 atom stereocenters. The van der Waals surface area contributed by atoms with E-state index in [-0.39, 0.29) is 12.7 Å². The standard InChI is InChI=1S/C23H27NO4/c1-7-14(4)28-23(26)20-16(6)24-15(5)19(22(25)27-9-3)21(20)18-12-10-11-17(8-2)13-18/h2,10-14,21,24H,7,9H2,1,3-6H3. The van der Waals surface area contributed by atoms with Crippen molar-refractivity contribution in [3.63, 3.8) is 0 Å². The molecule has 0 amide bonds. The summed E-state index contributed by atoms with van der Waals surface area (Å²) in [5.41, 5.74) is 3.49. The Morgan fingerprint density at radius 3 is 2.39 bits per heavy atom. The molecule has 1 aromatic rings. The molecule has 0 radical (unpaired) electrons. The minimum atomic E-state index is -0.620. The highest BCUT2D eigenvalue weighted by Crippen LogP contribution is 2.39. The fraction of sp³-hybridized carbons (Fsp3) is 0.391. The molecule has 1 aromatic carbocycles. The molecule has 1 heterocycles. The van der Waals surface area contributed by atoms with E-state index in [1.165, 1.54) is 0 Å². The summed E-state index contributed by atoms with van der Waals surface area (Å²) in [7, 11) is 0. The SMILES string of the molecule is C#Cc1cccc(C2C(C(=O)OCC)=C(C)NC(C)=C2C(=O)OC(C)CC)c1. The zero-order valence-corrected chi connectivity index (χ0v) is 17.1. The number of esters is 2. The topological polar surface area (TPSA) is 64.6 Å². The molecular weight excluding hydrogens is 354 g/mol. The first-order chi connectivity index (χ1) is 13.3. The quantitative estimate of drug-likeness (QED) is 0.600. The Morgan fingerprint density at radius 2 is 1.82 bits per heavy atom. The fourth-order valence-corrected chi connectivity index (χ4v) is 3.21. The van der Waals surface area contributed by atoms with Gasteiger partial charge >= 0.3 is 11.9 Å². The number of benzene rings is 1. The number of allylic oxidation sites excluding steroid dienone is 2. The Bertz CT molecular complexity index is 873. The number of rotatable bonds is 6. The Balaban J connectivity index is 2.64. The summed E-state index contributed by atoms with van der Waals surface area (Å²) < 4.78 is 10.9. The predicted molar refractivity (Wildman–Crippen MR) is 108 cm³/mol. The van der Waals surface area contributed by atoms with E-state index < -0.39 is 17.9 Å². The van der Waals surface area contributed by atoms with E-state index >= 15 is 0 Å². The van der Waals surface area contributed by atoms with Crippen molar-refractivity contribution >= 4 is 11.9 Å². The fourth-order valence-electron chi connectivity index (χ4n) is 3.21. The van der Waals surface area contributed by atoms with Crippen LogP contribution in [0.5, 0.6) is 0 Å². The molecule has 2 unspecified atom stereocenters. The molecule has 0 bridgehead atoms. The molecule has 1 aliphatic heterocycles. The summed E-state index contributed by atoms with van der Waals surface area (Å²) in [5, 5.41) is 3.14. The van der Waals surface area contributed by atoms with E-state index in [2.05, 4.69) is 11.2 Å². The van der Waals surface area contributed by atoms with Crippen LogP contribution in [0, 0.1) is 12.3 Å². The maximum absolute atomic E-state index is 13.0. The van der Waals surface area contributed by atoms with Gasteiger partial charge in [-0.15, -0.1) is 6.42 Å². The number of hydrogen-bond acceptors (Lipinski definition) is 5. The molecule has 0 saturated heterocycles. The molecule has 1 N–H and O–H groups in total. The first kappa shape index (κ1) is 21.3. The third-order valence-electron chi connectivity index (χ3n) is 4.75. The molecule has 0 fully saturated rings. The number of nitrogens with one attached hydrogen (secondary N) is 1. The summed E-state index contributed by atoms with van der Waals surface area (Å²) in [6.45, 7) is 9.37. The third kappa shape index (κ3) is 4.45. The Labute approximate surface area is 166 Å². The van der Waals surface area contributed by atoms with Crippen LogP contribution in [0.1, 0.15) is 58.1 Å². The molecule has 148 valence electrons. The average Bonchev–Trinajstić information content (AvgIpc) is 2.67. The van der Waals surface area contributed by atoms with E-state index in [0.29, 0.717) is 34.5 Å². The normalized spacial score (nSPS) is 17.5. The van der Waals surface area contributed by atoms with Crippen molar-refractivity contribution in [1.29, 1.82) is 0 Å². The number of ether oxygens (including phenoxy) is 2. The molecule has 0 aliphatic carbocycles. The zero-order valence-electron chi connectivity index (χ0n) is 17.1. The van der Waals surface area contributed by atoms with E-state index in [9.17, 15) is 9.59 Å². The highest BCUT2D eigenvalue weighted by Gasteiger charge is 2.38. The maximum Gasteiger partial charge on any atom is 0.337 e. The van der Waals surface area contributed by atoms with Crippen LogP contribution in [-0.2, 0) is 19.1 Å². The van der Waals surface area contributed by atoms with Crippen molar-refractivity contribution in [2.24, 2.45) is 0 Å². The van der Waals surface area contributed by atoms with Crippen molar-refractivity contribution in [2.45, 2.75) is 53.1 Å². The van der Waals surface area contributed by atoms with E-state index in [1.54, 1.807) is 26.8 Å². The lowest BCUT2D eigenvalue weighted by molar-refractivity contribution is -0.144. The molecule has 5 heteroatoms. The van der Waals surface area contributed by atoms with Crippen molar-refractivity contribution < 1.29 is 19.1 Å². The van der Waals surface area contributed by atoms with Gasteiger partial charge in [0.25, 0.3) is 0 Å². The van der Waals surface area contributed by atoms with Crippen LogP contribution in [0.25, 0.3) is 0 Å². The van der Waals surface area contributed by atoms with E-state index in [4.69, 9.17) is 15.9 Å². The third-order valence-corrected chi connectivity index (χ3v) is 4.75. The second kappa shape index (κ2) is 9.27. The first-order valence-corrected chi connectivity index (χ1v) is 9.47. The van der Waals surface area contributed by atoms with Crippen LogP contribution in [-0.4, -0.2) is 24.6 Å². The number of carbonyl (C=O) groups is 2. The minimum absolute atomic E-state index is 0.233. The molecular formula is C23H27NO4. The first-order valence-electron chi connectivity index (χ1n) is 9.47. The zero-order chi connectivity index (χ0) is 20.8. The van der Waals surface area contributed by atoms with Crippen molar-refractivity contribution in [2.75, 3.05) is 6.61 Å². The van der Waals surface area contributed by atoms with Gasteiger partial charge in [0.15, 0.2) is 0 Å². The molecule has 1 aliphatic rings. The van der Waals surface area contributed by atoms with Crippen LogP contribution < -0.4 is 5.32 Å². The van der Waals surface area contributed by atoms with Gasteiger partial charge < -0.3 is 14.8 Å². The van der Waals surface area contributed by atoms with Gasteiger partial charge in [-0.1, -0.05) is 25.0 Å². The van der Waals surface area contributed by atoms with Crippen molar-refractivity contribution in [1.82, 2.24) is 5.32 Å². The molecule has 0 aromatic heterocycles. The van der Waals surface area contributed by atoms with Crippen molar-refractivity contribution in [3.05, 3.63) is 57.9 Å². The van der Waals surface area contributed by atoms with E-state index in [0.717, 1.165) is 5.56 Å². The lowest BCUT2D eigenvalue weighted by atomic mass is 9.80. The Kier molecular flexibility index (Phi) is 7.06. The highest BCUT2D eigenvalue weighted by atomic mass is 16.5. The van der Waals surface area contributed by atoms with E-state index in [1.807, 2.05) is 32.0 Å². The van der Waals surface area contributed by atoms with Gasteiger partial charge in [-0.25, -0.2) is 9.59 Å². The summed E-state index contributed by atoms with van der Waals surface area (Å²) in [6, 6.07) is 7.29. The van der Waals surface area contributed by atoms with Gasteiger partial charge in [-0.3, -0.25) is 0 Å². The lowest BCUT2D eigenvalue weighted by Crippen LogP contribution is -2.33. The number of hydrogen-bond donors (Lipinski definition) is 1. The van der Waals surface area contributed by atoms with Gasteiger partial charge in [0.1, 0.15) is 0 Å². The monoisotopic (exact) mass is 381 g/mol. The second-order valence-electron chi connectivity index (χ2n) is 6.75. The second-order valence-corrected chi connectivity index (χ2v) is 6.75. The smallest absolute Gasteiger partial charge is 0.337 e. The minimum Gasteiger partial charge on any atom is -0.463 e. The molecule has 2 rings (SSSR count). The summed E-state index contributed by atoms with van der Waals surface area (Å²) in [5.74, 6) is 1.06. The Morgan fingerprint density at radius 1 is 1.18 bits per heavy atom. The summed E-state index contributed by atoms with van der Waals surface area (Å²) in [6.07, 6.45) is 6.02. The highest BCUT2D eigenvalue weighted by molar-refractivity contribution is 6.00. The number of terminal acetylenes is 1. The molecule has 0 saturated carbocycles. The predicted octanol–water partition coefficient (Wildman–Crippen LogP) is 3.81. The largest absolute Gasteiger partial charge is 0.463 e. The van der Waals surface area contributed by atoms with Gasteiger partial charge in [0.2, 0.25) is 0 Å². The van der Waals surface area contributed by atoms with Gasteiger partial charge in [0, 0.05) is 17.0 Å². The average molecular weight is 381 g/mol. The van der Waals surface area contributed by atoms with Crippen LogP contribution in [0.2, 0.25) is 0 Å².